The van der Waals surface area contributed by atoms with Gasteiger partial charge in [0.25, 0.3) is 5.91 Å². The van der Waals surface area contributed by atoms with E-state index in [2.05, 4.69) is 5.32 Å². The maximum absolute atomic E-state index is 12.6. The fourth-order valence-electron chi connectivity index (χ4n) is 2.31. The van der Waals surface area contributed by atoms with Gasteiger partial charge in [0.1, 0.15) is 4.88 Å². The van der Waals surface area contributed by atoms with Crippen LogP contribution in [0.2, 0.25) is 10.0 Å². The lowest BCUT2D eigenvalue weighted by Crippen LogP contribution is -2.11. The van der Waals surface area contributed by atoms with Gasteiger partial charge < -0.3 is 5.32 Å². The van der Waals surface area contributed by atoms with Crippen LogP contribution in [0.3, 0.4) is 0 Å². The van der Waals surface area contributed by atoms with E-state index in [-0.39, 0.29) is 5.91 Å². The van der Waals surface area contributed by atoms with Gasteiger partial charge in [0.15, 0.2) is 0 Å². The molecule has 3 rings (SSSR count). The fraction of sp³-hybridized carbons (Fsp3) is 0.105. The van der Waals surface area contributed by atoms with Crippen LogP contribution in [0.15, 0.2) is 58.8 Å². The van der Waals surface area contributed by atoms with Crippen molar-refractivity contribution in [3.05, 3.63) is 80.0 Å². The van der Waals surface area contributed by atoms with Gasteiger partial charge in [-0.05, 0) is 53.8 Å². The van der Waals surface area contributed by atoms with Crippen LogP contribution in [0, 0.1) is 6.92 Å². The minimum atomic E-state index is -0.103. The highest BCUT2D eigenvalue weighted by atomic mass is 35.5. The van der Waals surface area contributed by atoms with Gasteiger partial charge in [0.05, 0.1) is 0 Å². The number of carbonyl (C=O) groups is 1. The Bertz CT molecular complexity index is 888. The Hall–Kier alpha value is -1.46. The van der Waals surface area contributed by atoms with E-state index < -0.39 is 0 Å². The van der Waals surface area contributed by atoms with Crippen molar-refractivity contribution < 1.29 is 4.79 Å². The summed E-state index contributed by atoms with van der Waals surface area (Å²) in [7, 11) is 0. The summed E-state index contributed by atoms with van der Waals surface area (Å²) in [4.78, 5) is 14.2. The molecule has 0 unspecified atom stereocenters. The molecule has 2 nitrogen and oxygen atoms in total. The first-order valence-corrected chi connectivity index (χ1v) is 10.2. The molecule has 0 bridgehead atoms. The van der Waals surface area contributed by atoms with Gasteiger partial charge in [-0.25, -0.2) is 0 Å². The molecule has 0 saturated heterocycles. The molecule has 6 heteroatoms. The van der Waals surface area contributed by atoms with E-state index in [9.17, 15) is 4.79 Å². The van der Waals surface area contributed by atoms with Crippen LogP contribution in [0.1, 0.15) is 20.8 Å². The van der Waals surface area contributed by atoms with Crippen LogP contribution in [0.4, 0.5) is 5.69 Å². The lowest BCUT2D eigenvalue weighted by Gasteiger charge is -2.08. The number of halogens is 2. The number of hydrogen-bond donors (Lipinski definition) is 1. The number of carbonyl (C=O) groups excluding carboxylic acids is 1. The molecule has 0 aliphatic rings. The van der Waals surface area contributed by atoms with E-state index in [1.807, 2.05) is 60.8 Å². The van der Waals surface area contributed by atoms with Gasteiger partial charge in [-0.15, -0.1) is 23.1 Å². The van der Waals surface area contributed by atoms with E-state index in [1.165, 1.54) is 11.3 Å². The summed E-state index contributed by atoms with van der Waals surface area (Å²) in [5, 5.41) is 6.15. The smallest absolute Gasteiger partial charge is 0.266 e. The molecular formula is C19H15Cl2NOS2. The summed E-state index contributed by atoms with van der Waals surface area (Å²) in [5.74, 6) is 0.508. The predicted octanol–water partition coefficient (Wildman–Crippen LogP) is 6.91. The molecule has 3 aromatic rings. The van der Waals surface area contributed by atoms with Crippen LogP contribution in [0.25, 0.3) is 0 Å². The van der Waals surface area contributed by atoms with Crippen LogP contribution < -0.4 is 5.32 Å². The van der Waals surface area contributed by atoms with Crippen molar-refractivity contribution in [1.82, 2.24) is 0 Å². The van der Waals surface area contributed by atoms with Crippen LogP contribution in [-0.4, -0.2) is 5.91 Å². The van der Waals surface area contributed by atoms with Crippen LogP contribution in [-0.2, 0) is 5.75 Å². The molecule has 0 aliphatic carbocycles. The molecule has 2 aromatic carbocycles. The molecular weight excluding hydrogens is 393 g/mol. The number of amides is 1. The topological polar surface area (TPSA) is 29.1 Å². The molecule has 1 N–H and O–H groups in total. The fourth-order valence-corrected chi connectivity index (χ4v) is 5.09. The minimum Gasteiger partial charge on any atom is -0.321 e. The number of thiophene rings is 1. The van der Waals surface area contributed by atoms with Gasteiger partial charge in [0, 0.05) is 26.4 Å². The summed E-state index contributed by atoms with van der Waals surface area (Å²) in [5.41, 5.74) is 2.78. The molecule has 1 heterocycles. The Morgan fingerprint density at radius 1 is 1.12 bits per heavy atom. The average Bonchev–Trinajstić information content (AvgIpc) is 3.03. The minimum absolute atomic E-state index is 0.103. The first-order valence-electron chi connectivity index (χ1n) is 7.56. The quantitative estimate of drug-likeness (QED) is 0.465. The Morgan fingerprint density at radius 3 is 2.56 bits per heavy atom. The van der Waals surface area contributed by atoms with Crippen LogP contribution >= 0.6 is 46.3 Å². The third-order valence-corrected chi connectivity index (χ3v) is 6.38. The molecule has 0 spiro atoms. The molecule has 1 amide bonds. The highest BCUT2D eigenvalue weighted by Crippen LogP contribution is 2.35. The van der Waals surface area contributed by atoms with Crippen molar-refractivity contribution in [2.75, 3.05) is 5.32 Å². The Balaban J connectivity index is 1.73. The van der Waals surface area contributed by atoms with E-state index in [0.29, 0.717) is 20.7 Å². The monoisotopic (exact) mass is 407 g/mol. The Labute approximate surface area is 165 Å². The molecule has 1 aromatic heterocycles. The Kier molecular flexibility index (Phi) is 6.07. The summed E-state index contributed by atoms with van der Waals surface area (Å²) in [6, 6.07) is 15.2. The summed E-state index contributed by atoms with van der Waals surface area (Å²) >= 11 is 15.4. The summed E-state index contributed by atoms with van der Waals surface area (Å²) in [6.07, 6.45) is 0. The van der Waals surface area contributed by atoms with Crippen molar-refractivity contribution in [2.45, 2.75) is 17.6 Å². The van der Waals surface area contributed by atoms with Gasteiger partial charge in [-0.3, -0.25) is 4.79 Å². The number of rotatable bonds is 5. The third kappa shape index (κ3) is 4.59. The zero-order valence-electron chi connectivity index (χ0n) is 13.4. The molecule has 0 atom stereocenters. The second-order valence-corrected chi connectivity index (χ2v) is 8.17. The van der Waals surface area contributed by atoms with Crippen LogP contribution in [0.5, 0.6) is 0 Å². The second kappa shape index (κ2) is 8.28. The maximum atomic E-state index is 12.6. The van der Waals surface area contributed by atoms with Gasteiger partial charge >= 0.3 is 0 Å². The zero-order chi connectivity index (χ0) is 17.8. The molecule has 0 fully saturated rings. The standard InChI is InChI=1S/C19H15Cl2NOS2/c1-12-4-2-5-13(10-12)22-19(23)18-17(8-9-24-18)25-11-14-15(20)6-3-7-16(14)21/h2-10H,11H2,1H3,(H,22,23). The molecule has 0 radical (unpaired) electrons. The normalized spacial score (nSPS) is 10.7. The molecule has 25 heavy (non-hydrogen) atoms. The van der Waals surface area contributed by atoms with Gasteiger partial charge in [-0.1, -0.05) is 41.4 Å². The van der Waals surface area contributed by atoms with E-state index in [4.69, 9.17) is 23.2 Å². The summed E-state index contributed by atoms with van der Waals surface area (Å²) in [6.45, 7) is 2.00. The predicted molar refractivity (Wildman–Crippen MR) is 109 cm³/mol. The molecule has 0 aliphatic heterocycles. The lowest BCUT2D eigenvalue weighted by molar-refractivity contribution is 0.102. The van der Waals surface area contributed by atoms with Crippen molar-refractivity contribution in [3.8, 4) is 0 Å². The SMILES string of the molecule is Cc1cccc(NC(=O)c2sccc2SCc2c(Cl)cccc2Cl)c1. The van der Waals surface area contributed by atoms with Gasteiger partial charge in [0.2, 0.25) is 0 Å². The largest absolute Gasteiger partial charge is 0.321 e. The first-order chi connectivity index (χ1) is 12.0. The number of thioether (sulfide) groups is 1. The van der Waals surface area contributed by atoms with Crippen molar-refractivity contribution in [1.29, 1.82) is 0 Å². The first kappa shape index (κ1) is 18.3. The number of nitrogens with one attached hydrogen (secondary N) is 1. The molecule has 0 saturated carbocycles. The third-order valence-electron chi connectivity index (χ3n) is 3.54. The van der Waals surface area contributed by atoms with Crippen molar-refractivity contribution in [2.24, 2.45) is 0 Å². The lowest BCUT2D eigenvalue weighted by atomic mass is 10.2. The highest BCUT2D eigenvalue weighted by Gasteiger charge is 2.15. The van der Waals surface area contributed by atoms with Gasteiger partial charge in [-0.2, -0.15) is 0 Å². The number of benzene rings is 2. The van der Waals surface area contributed by atoms with Crippen molar-refractivity contribution in [3.63, 3.8) is 0 Å². The number of aryl methyl sites for hydroxylation is 1. The van der Waals surface area contributed by atoms with E-state index >= 15 is 0 Å². The van der Waals surface area contributed by atoms with E-state index in [0.717, 1.165) is 21.7 Å². The Morgan fingerprint density at radius 2 is 1.84 bits per heavy atom. The highest BCUT2D eigenvalue weighted by molar-refractivity contribution is 7.98. The summed E-state index contributed by atoms with van der Waals surface area (Å²) < 4.78 is 0. The van der Waals surface area contributed by atoms with Crippen molar-refractivity contribution >= 4 is 57.9 Å². The zero-order valence-corrected chi connectivity index (χ0v) is 16.5. The number of hydrogen-bond acceptors (Lipinski definition) is 3. The second-order valence-electron chi connectivity index (χ2n) is 5.43. The number of anilines is 1. The molecule has 128 valence electrons. The average molecular weight is 408 g/mol. The maximum Gasteiger partial charge on any atom is 0.266 e. The van der Waals surface area contributed by atoms with E-state index in [1.54, 1.807) is 11.8 Å².